The topological polar surface area (TPSA) is 52.6 Å². The van der Waals surface area contributed by atoms with Crippen molar-refractivity contribution < 1.29 is 19.1 Å². The van der Waals surface area contributed by atoms with Gasteiger partial charge in [0.05, 0.1) is 13.2 Å². The van der Waals surface area contributed by atoms with Crippen LogP contribution >= 0.6 is 0 Å². The molecule has 0 aliphatic rings. The van der Waals surface area contributed by atoms with Crippen LogP contribution in [-0.2, 0) is 19.1 Å². The molecule has 21 heavy (non-hydrogen) atoms. The van der Waals surface area contributed by atoms with Gasteiger partial charge in [-0.3, -0.25) is 0 Å². The van der Waals surface area contributed by atoms with Crippen LogP contribution in [0.3, 0.4) is 0 Å². The van der Waals surface area contributed by atoms with E-state index in [9.17, 15) is 9.59 Å². The van der Waals surface area contributed by atoms with Crippen molar-refractivity contribution in [1.82, 2.24) is 0 Å². The molecule has 122 valence electrons. The third-order valence-corrected chi connectivity index (χ3v) is 2.69. The number of unbranched alkanes of at least 4 members (excludes halogenated alkanes) is 3. The Balaban J connectivity index is 4.66. The van der Waals surface area contributed by atoms with Crippen molar-refractivity contribution in [2.75, 3.05) is 13.2 Å². The third-order valence-electron chi connectivity index (χ3n) is 2.69. The maximum absolute atomic E-state index is 12.0. The summed E-state index contributed by atoms with van der Waals surface area (Å²) >= 11 is 0. The van der Waals surface area contributed by atoms with Gasteiger partial charge in [0.2, 0.25) is 0 Å². The molecule has 0 aromatic rings. The summed E-state index contributed by atoms with van der Waals surface area (Å²) in [5, 5.41) is 0. The SMILES string of the molecule is CCCCCC=C(C(=O)OCC(C)C)C(=O)OCC(C)C. The molecule has 0 aromatic heterocycles. The van der Waals surface area contributed by atoms with Gasteiger partial charge in [-0.15, -0.1) is 0 Å². The fraction of sp³-hybridized carbons (Fsp3) is 0.765. The first-order valence-electron chi connectivity index (χ1n) is 7.92. The van der Waals surface area contributed by atoms with Crippen molar-refractivity contribution in [2.45, 2.75) is 60.3 Å². The Bertz CT molecular complexity index is 317. The second-order valence-electron chi connectivity index (χ2n) is 6.10. The maximum Gasteiger partial charge on any atom is 0.345 e. The van der Waals surface area contributed by atoms with Gasteiger partial charge in [0.15, 0.2) is 0 Å². The zero-order valence-corrected chi connectivity index (χ0v) is 14.1. The molecule has 0 aliphatic heterocycles. The molecule has 0 atom stereocenters. The smallest absolute Gasteiger partial charge is 0.345 e. The molecule has 0 aromatic carbocycles. The van der Waals surface area contributed by atoms with Crippen LogP contribution < -0.4 is 0 Å². The Morgan fingerprint density at radius 3 is 1.76 bits per heavy atom. The van der Waals surface area contributed by atoms with Gasteiger partial charge in [-0.25, -0.2) is 9.59 Å². The van der Waals surface area contributed by atoms with Crippen LogP contribution in [-0.4, -0.2) is 25.2 Å². The van der Waals surface area contributed by atoms with Crippen molar-refractivity contribution in [3.63, 3.8) is 0 Å². The van der Waals surface area contributed by atoms with Crippen molar-refractivity contribution >= 4 is 11.9 Å². The average Bonchev–Trinajstić information content (AvgIpc) is 2.42. The van der Waals surface area contributed by atoms with Crippen LogP contribution in [0.15, 0.2) is 11.6 Å². The Morgan fingerprint density at radius 1 is 0.905 bits per heavy atom. The predicted molar refractivity (Wildman–Crippen MR) is 83.8 cm³/mol. The van der Waals surface area contributed by atoms with Crippen molar-refractivity contribution in [3.8, 4) is 0 Å². The van der Waals surface area contributed by atoms with Crippen LogP contribution in [0.2, 0.25) is 0 Å². The second kappa shape index (κ2) is 11.4. The lowest BCUT2D eigenvalue weighted by Gasteiger charge is -2.11. The number of esters is 2. The highest BCUT2D eigenvalue weighted by Crippen LogP contribution is 2.09. The molecule has 0 spiro atoms. The Labute approximate surface area is 128 Å². The average molecular weight is 298 g/mol. The molecular formula is C17H30O4. The first kappa shape index (κ1) is 19.7. The molecule has 0 heterocycles. The van der Waals surface area contributed by atoms with E-state index in [1.165, 1.54) is 0 Å². The molecule has 0 N–H and O–H groups in total. The van der Waals surface area contributed by atoms with Gasteiger partial charge < -0.3 is 9.47 Å². The minimum atomic E-state index is -0.575. The second-order valence-corrected chi connectivity index (χ2v) is 6.10. The molecule has 4 heteroatoms. The van der Waals surface area contributed by atoms with Crippen LogP contribution in [0, 0.1) is 11.8 Å². The van der Waals surface area contributed by atoms with Crippen molar-refractivity contribution in [1.29, 1.82) is 0 Å². The molecule has 0 rings (SSSR count). The van der Waals surface area contributed by atoms with E-state index >= 15 is 0 Å². The number of hydrogen-bond donors (Lipinski definition) is 0. The molecule has 0 saturated heterocycles. The number of carbonyl (C=O) groups excluding carboxylic acids is 2. The monoisotopic (exact) mass is 298 g/mol. The van der Waals surface area contributed by atoms with E-state index in [1.54, 1.807) is 6.08 Å². The number of carbonyl (C=O) groups is 2. The standard InChI is InChI=1S/C17H30O4/c1-6-7-8-9-10-15(16(18)20-11-13(2)3)17(19)21-12-14(4)5/h10,13-14H,6-9,11-12H2,1-5H3. The van der Waals surface area contributed by atoms with Crippen LogP contribution in [0.25, 0.3) is 0 Å². The highest BCUT2D eigenvalue weighted by Gasteiger charge is 2.21. The van der Waals surface area contributed by atoms with Gasteiger partial charge in [0.1, 0.15) is 5.57 Å². The maximum atomic E-state index is 12.0. The van der Waals surface area contributed by atoms with E-state index in [0.29, 0.717) is 19.6 Å². The number of hydrogen-bond acceptors (Lipinski definition) is 4. The zero-order chi connectivity index (χ0) is 16.3. The molecule has 0 fully saturated rings. The lowest BCUT2D eigenvalue weighted by atomic mass is 10.1. The minimum Gasteiger partial charge on any atom is -0.462 e. The summed E-state index contributed by atoms with van der Waals surface area (Å²) in [5.41, 5.74) is 0.0346. The predicted octanol–water partition coefficient (Wildman–Crippen LogP) is 3.89. The van der Waals surface area contributed by atoms with Crippen LogP contribution in [0.5, 0.6) is 0 Å². The van der Waals surface area contributed by atoms with E-state index in [2.05, 4.69) is 6.92 Å². The quantitative estimate of drug-likeness (QED) is 0.202. The molecule has 0 aliphatic carbocycles. The van der Waals surface area contributed by atoms with Gasteiger partial charge in [-0.1, -0.05) is 53.5 Å². The molecule has 0 amide bonds. The van der Waals surface area contributed by atoms with E-state index in [-0.39, 0.29) is 17.4 Å². The fourth-order valence-electron chi connectivity index (χ4n) is 1.53. The summed E-state index contributed by atoms with van der Waals surface area (Å²) < 4.78 is 10.3. The molecule has 4 nitrogen and oxygen atoms in total. The summed E-state index contributed by atoms with van der Waals surface area (Å²) in [6.07, 6.45) is 5.47. The van der Waals surface area contributed by atoms with Crippen molar-refractivity contribution in [3.05, 3.63) is 11.6 Å². The lowest BCUT2D eigenvalue weighted by molar-refractivity contribution is -0.148. The van der Waals surface area contributed by atoms with Crippen molar-refractivity contribution in [2.24, 2.45) is 11.8 Å². The summed E-state index contributed by atoms with van der Waals surface area (Å²) in [5.74, 6) is -0.674. The normalized spacial score (nSPS) is 10.6. The Morgan fingerprint density at radius 2 is 1.38 bits per heavy atom. The minimum absolute atomic E-state index is 0.0346. The van der Waals surface area contributed by atoms with Gasteiger partial charge in [0, 0.05) is 0 Å². The summed E-state index contributed by atoms with van der Waals surface area (Å²) in [6, 6.07) is 0. The zero-order valence-electron chi connectivity index (χ0n) is 14.1. The molecule has 0 bridgehead atoms. The number of rotatable bonds is 10. The number of ether oxygens (including phenoxy) is 2. The van der Waals surface area contributed by atoms with Gasteiger partial charge in [0.25, 0.3) is 0 Å². The lowest BCUT2D eigenvalue weighted by Crippen LogP contribution is -2.21. The molecular weight excluding hydrogens is 268 g/mol. The van der Waals surface area contributed by atoms with E-state index in [1.807, 2.05) is 27.7 Å². The third kappa shape index (κ3) is 10.1. The van der Waals surface area contributed by atoms with E-state index in [4.69, 9.17) is 9.47 Å². The highest BCUT2D eigenvalue weighted by molar-refractivity contribution is 6.14. The summed E-state index contributed by atoms with van der Waals surface area (Å²) in [6.45, 7) is 10.5. The Kier molecular flexibility index (Phi) is 10.6. The summed E-state index contributed by atoms with van der Waals surface area (Å²) in [7, 11) is 0. The van der Waals surface area contributed by atoms with Crippen LogP contribution in [0.4, 0.5) is 0 Å². The molecule has 0 radical (unpaired) electrons. The van der Waals surface area contributed by atoms with Gasteiger partial charge >= 0.3 is 11.9 Å². The highest BCUT2D eigenvalue weighted by atomic mass is 16.6. The first-order chi connectivity index (χ1) is 9.88. The first-order valence-corrected chi connectivity index (χ1v) is 7.92. The molecule has 0 saturated carbocycles. The van der Waals surface area contributed by atoms with E-state index in [0.717, 1.165) is 19.3 Å². The summed E-state index contributed by atoms with van der Waals surface area (Å²) in [4.78, 5) is 24.0. The fourth-order valence-corrected chi connectivity index (χ4v) is 1.53. The van der Waals surface area contributed by atoms with Gasteiger partial charge in [-0.2, -0.15) is 0 Å². The number of allylic oxidation sites excluding steroid dienone is 1. The molecule has 0 unspecified atom stereocenters. The van der Waals surface area contributed by atoms with E-state index < -0.39 is 11.9 Å². The van der Waals surface area contributed by atoms with Gasteiger partial charge in [-0.05, 0) is 24.7 Å². The van der Waals surface area contributed by atoms with Crippen LogP contribution in [0.1, 0.15) is 60.3 Å². The largest absolute Gasteiger partial charge is 0.462 e. The Hall–Kier alpha value is -1.32.